The Hall–Kier alpha value is 0.700. The van der Waals surface area contributed by atoms with Crippen LogP contribution in [0.5, 0.6) is 0 Å². The molecule has 0 heterocycles. The van der Waals surface area contributed by atoms with E-state index in [1.54, 1.807) is 0 Å². The van der Waals surface area contributed by atoms with Gasteiger partial charge in [0.1, 0.15) is 0 Å². The monoisotopic (exact) mass is 238 g/mol. The third kappa shape index (κ3) is 1.59. The molecule has 8 heavy (non-hydrogen) atoms. The van der Waals surface area contributed by atoms with Crippen LogP contribution < -0.4 is 0 Å². The Kier molecular flexibility index (Phi) is 2.57. The Balaban J connectivity index is 2.44. The molecule has 1 aliphatic carbocycles. The summed E-state index contributed by atoms with van der Waals surface area (Å²) in [5.41, 5.74) is 0. The number of hydrogen-bond acceptors (Lipinski definition) is 0. The van der Waals surface area contributed by atoms with Crippen LogP contribution in [0.3, 0.4) is 0 Å². The minimum absolute atomic E-state index is 0.646. The van der Waals surface area contributed by atoms with E-state index in [4.69, 9.17) is 0 Å². The molecule has 0 aromatic carbocycles. The number of hydrogen-bond donors (Lipinski definition) is 0. The molecule has 2 atom stereocenters. The highest BCUT2D eigenvalue weighted by Crippen LogP contribution is 2.25. The first-order valence-electron chi connectivity index (χ1n) is 2.74. The lowest BCUT2D eigenvalue weighted by atomic mass is 10.1. The molecule has 0 amide bonds. The molecule has 0 fully saturated rings. The fraction of sp³-hybridized carbons (Fsp3) is 0.667. The van der Waals surface area contributed by atoms with Crippen LogP contribution in [-0.4, -0.2) is 9.65 Å². The van der Waals surface area contributed by atoms with Crippen molar-refractivity contribution in [3.63, 3.8) is 0 Å². The lowest BCUT2D eigenvalue weighted by Crippen LogP contribution is -2.14. The summed E-state index contributed by atoms with van der Waals surface area (Å²) in [5, 5.41) is 0. The molecule has 2 heteroatoms. The van der Waals surface area contributed by atoms with Crippen LogP contribution in [0, 0.1) is 0 Å². The average molecular weight is 240 g/mol. The predicted octanol–water partition coefficient (Wildman–Crippen LogP) is 2.86. The zero-order valence-electron chi connectivity index (χ0n) is 4.48. The molecule has 0 aromatic rings. The summed E-state index contributed by atoms with van der Waals surface area (Å²) in [5.74, 6) is 0. The summed E-state index contributed by atoms with van der Waals surface area (Å²) in [6.07, 6.45) is 6.76. The van der Waals surface area contributed by atoms with E-state index in [9.17, 15) is 0 Å². The van der Waals surface area contributed by atoms with Crippen LogP contribution in [0.4, 0.5) is 0 Å². The maximum Gasteiger partial charge on any atom is 0.0308 e. The van der Waals surface area contributed by atoms with Crippen molar-refractivity contribution in [1.82, 2.24) is 0 Å². The second-order valence-electron chi connectivity index (χ2n) is 1.97. The first-order chi connectivity index (χ1) is 3.80. The topological polar surface area (TPSA) is 0 Å². The molecule has 0 saturated carbocycles. The van der Waals surface area contributed by atoms with Crippen LogP contribution in [0.2, 0.25) is 0 Å². The van der Waals surface area contributed by atoms with Crippen molar-refractivity contribution in [3.05, 3.63) is 12.2 Å². The van der Waals surface area contributed by atoms with Gasteiger partial charge in [0, 0.05) is 9.65 Å². The SMILES string of the molecule is Br[C@H]1CC=CC[C@@H]1Br. The van der Waals surface area contributed by atoms with Crippen molar-refractivity contribution >= 4 is 31.9 Å². The first-order valence-corrected chi connectivity index (χ1v) is 4.57. The van der Waals surface area contributed by atoms with Crippen molar-refractivity contribution in [3.8, 4) is 0 Å². The Morgan fingerprint density at radius 1 is 1.00 bits per heavy atom. The summed E-state index contributed by atoms with van der Waals surface area (Å²) >= 11 is 7.11. The van der Waals surface area contributed by atoms with Gasteiger partial charge in [0.2, 0.25) is 0 Å². The molecule has 0 nitrogen and oxygen atoms in total. The lowest BCUT2D eigenvalue weighted by Gasteiger charge is -2.16. The second-order valence-corrected chi connectivity index (χ2v) is 4.33. The molecule has 1 rings (SSSR count). The fourth-order valence-electron chi connectivity index (χ4n) is 0.748. The molecule has 1 aliphatic rings. The van der Waals surface area contributed by atoms with E-state index in [0.717, 1.165) is 12.8 Å². The molecule has 0 aliphatic heterocycles. The maximum atomic E-state index is 3.56. The lowest BCUT2D eigenvalue weighted by molar-refractivity contribution is 0.789. The van der Waals surface area contributed by atoms with Crippen molar-refractivity contribution in [2.45, 2.75) is 22.5 Å². The number of halogens is 2. The standard InChI is InChI=1S/C6H8Br2/c7-5-3-1-2-4-6(5)8/h1-2,5-6H,3-4H2/t5-,6-/m0/s1. The van der Waals surface area contributed by atoms with Gasteiger partial charge >= 0.3 is 0 Å². The minimum atomic E-state index is 0.646. The summed E-state index contributed by atoms with van der Waals surface area (Å²) in [6.45, 7) is 0. The van der Waals surface area contributed by atoms with Gasteiger partial charge < -0.3 is 0 Å². The third-order valence-electron chi connectivity index (χ3n) is 1.28. The van der Waals surface area contributed by atoms with Crippen molar-refractivity contribution < 1.29 is 0 Å². The van der Waals surface area contributed by atoms with E-state index in [-0.39, 0.29) is 0 Å². The van der Waals surface area contributed by atoms with Crippen molar-refractivity contribution in [1.29, 1.82) is 0 Å². The van der Waals surface area contributed by atoms with Crippen molar-refractivity contribution in [2.75, 3.05) is 0 Å². The second kappa shape index (κ2) is 3.02. The normalized spacial score (nSPS) is 37.8. The van der Waals surface area contributed by atoms with Gasteiger partial charge in [-0.2, -0.15) is 0 Å². The number of alkyl halides is 2. The number of rotatable bonds is 0. The fourth-order valence-corrected chi connectivity index (χ4v) is 1.61. The van der Waals surface area contributed by atoms with Gasteiger partial charge in [-0.1, -0.05) is 44.0 Å². The largest absolute Gasteiger partial charge is 0.0875 e. The van der Waals surface area contributed by atoms with Gasteiger partial charge in [-0.25, -0.2) is 0 Å². The Labute approximate surface area is 66.6 Å². The van der Waals surface area contributed by atoms with Crippen LogP contribution in [0.25, 0.3) is 0 Å². The predicted molar refractivity (Wildman–Crippen MR) is 43.8 cm³/mol. The van der Waals surface area contributed by atoms with Crippen LogP contribution >= 0.6 is 31.9 Å². The highest BCUT2D eigenvalue weighted by atomic mass is 79.9. The maximum absolute atomic E-state index is 3.56. The van der Waals surface area contributed by atoms with Gasteiger partial charge in [-0.05, 0) is 12.8 Å². The Bertz CT molecular complexity index is 86.7. The molecule has 46 valence electrons. The van der Waals surface area contributed by atoms with Gasteiger partial charge in [0.05, 0.1) is 0 Å². The van der Waals surface area contributed by atoms with E-state index in [1.165, 1.54) is 0 Å². The summed E-state index contributed by atoms with van der Waals surface area (Å²) in [7, 11) is 0. The van der Waals surface area contributed by atoms with E-state index >= 15 is 0 Å². The summed E-state index contributed by atoms with van der Waals surface area (Å²) in [4.78, 5) is 1.29. The molecule has 0 unspecified atom stereocenters. The smallest absolute Gasteiger partial charge is 0.0308 e. The summed E-state index contributed by atoms with van der Waals surface area (Å²) in [6, 6.07) is 0. The van der Waals surface area contributed by atoms with Crippen LogP contribution in [0.1, 0.15) is 12.8 Å². The van der Waals surface area contributed by atoms with E-state index < -0.39 is 0 Å². The minimum Gasteiger partial charge on any atom is -0.0875 e. The van der Waals surface area contributed by atoms with Gasteiger partial charge in [-0.3, -0.25) is 0 Å². The molecule has 0 radical (unpaired) electrons. The molecular weight excluding hydrogens is 232 g/mol. The summed E-state index contributed by atoms with van der Waals surface area (Å²) < 4.78 is 0. The Morgan fingerprint density at radius 3 is 1.62 bits per heavy atom. The zero-order valence-corrected chi connectivity index (χ0v) is 7.65. The molecule has 0 saturated heterocycles. The van der Waals surface area contributed by atoms with Crippen molar-refractivity contribution in [2.24, 2.45) is 0 Å². The molecule has 0 N–H and O–H groups in total. The van der Waals surface area contributed by atoms with Crippen LogP contribution in [-0.2, 0) is 0 Å². The van der Waals surface area contributed by atoms with Gasteiger partial charge in [-0.15, -0.1) is 0 Å². The van der Waals surface area contributed by atoms with Gasteiger partial charge in [0.25, 0.3) is 0 Å². The Morgan fingerprint density at radius 2 is 1.38 bits per heavy atom. The molecule has 0 spiro atoms. The number of allylic oxidation sites excluding steroid dienone is 2. The molecule has 0 bridgehead atoms. The molecule has 0 aromatic heterocycles. The van der Waals surface area contributed by atoms with Crippen LogP contribution in [0.15, 0.2) is 12.2 Å². The zero-order chi connectivity index (χ0) is 5.98. The quantitative estimate of drug-likeness (QED) is 0.451. The van der Waals surface area contributed by atoms with E-state index in [1.807, 2.05) is 0 Å². The molecular formula is C6H8Br2. The van der Waals surface area contributed by atoms with E-state index in [0.29, 0.717) is 9.65 Å². The first kappa shape index (κ1) is 6.81. The van der Waals surface area contributed by atoms with E-state index in [2.05, 4.69) is 44.0 Å². The highest BCUT2D eigenvalue weighted by Gasteiger charge is 2.15. The highest BCUT2D eigenvalue weighted by molar-refractivity contribution is 9.12. The average Bonchev–Trinajstić information content (AvgIpc) is 1.77. The van der Waals surface area contributed by atoms with Gasteiger partial charge in [0.15, 0.2) is 0 Å². The third-order valence-corrected chi connectivity index (χ3v) is 4.02.